The Morgan fingerprint density at radius 1 is 0.467 bits per heavy atom. The van der Waals surface area contributed by atoms with Crippen molar-refractivity contribution in [1.82, 2.24) is 25.3 Å². The minimum atomic E-state index is -0.935. The van der Waals surface area contributed by atoms with Gasteiger partial charge in [-0.3, -0.25) is 9.59 Å². The maximum atomic E-state index is 14.2. The number of nitrogens with one attached hydrogen (secondary N) is 3. The van der Waals surface area contributed by atoms with Gasteiger partial charge in [-0.1, -0.05) is 179 Å². The number of nitrogens with zero attached hydrogens (tertiary/aromatic N) is 2. The van der Waals surface area contributed by atoms with Crippen molar-refractivity contribution < 1.29 is 14.7 Å². The zero-order valence-electron chi connectivity index (χ0n) is 48.1. The quantitative estimate of drug-likeness (QED) is 0.121. The molecule has 0 unspecified atom stereocenters. The second-order valence-electron chi connectivity index (χ2n) is 27.2. The van der Waals surface area contributed by atoms with E-state index in [0.717, 1.165) is 66.8 Å². The molecule has 8 nitrogen and oxygen atoms in total. The average Bonchev–Trinajstić information content (AvgIpc) is 4.12. The summed E-state index contributed by atoms with van der Waals surface area (Å²) in [6.45, 7) is 40.6. The van der Waals surface area contributed by atoms with E-state index in [1.807, 2.05) is 6.08 Å². The van der Waals surface area contributed by atoms with Crippen molar-refractivity contribution >= 4 is 57.9 Å². The lowest BCUT2D eigenvalue weighted by atomic mass is 9.78. The van der Waals surface area contributed by atoms with Crippen molar-refractivity contribution in [1.29, 1.82) is 0 Å². The van der Waals surface area contributed by atoms with Crippen molar-refractivity contribution in [2.24, 2.45) is 0 Å². The summed E-state index contributed by atoms with van der Waals surface area (Å²) >= 11 is 0. The van der Waals surface area contributed by atoms with Gasteiger partial charge < -0.3 is 20.4 Å². The monoisotopic (exact) mass is 1000 g/mol. The second-order valence-corrected chi connectivity index (χ2v) is 27.2. The molecule has 8 rings (SSSR count). The maximum absolute atomic E-state index is 14.2. The van der Waals surface area contributed by atoms with Crippen LogP contribution in [-0.4, -0.2) is 36.9 Å². The van der Waals surface area contributed by atoms with Crippen molar-refractivity contribution in [3.05, 3.63) is 141 Å². The maximum Gasteiger partial charge on any atom is 0.303 e. The number of benzene rings is 3. The molecule has 0 aliphatic carbocycles. The zero-order valence-corrected chi connectivity index (χ0v) is 48.1. The smallest absolute Gasteiger partial charge is 0.303 e. The summed E-state index contributed by atoms with van der Waals surface area (Å²) in [5, 5.41) is 12.9. The molecule has 392 valence electrons. The minimum absolute atomic E-state index is 0.0381. The summed E-state index contributed by atoms with van der Waals surface area (Å²) in [5.74, 6) is -1.21. The van der Waals surface area contributed by atoms with E-state index in [9.17, 15) is 14.7 Å². The van der Waals surface area contributed by atoms with Crippen LogP contribution in [0.1, 0.15) is 200 Å². The molecule has 75 heavy (non-hydrogen) atoms. The Bertz CT molecular complexity index is 3380. The predicted octanol–water partition coefficient (Wildman–Crippen LogP) is 17.1. The van der Waals surface area contributed by atoms with Gasteiger partial charge in [0, 0.05) is 51.6 Å². The van der Waals surface area contributed by atoms with Crippen molar-refractivity contribution in [2.75, 3.05) is 0 Å². The molecule has 0 saturated carbocycles. The first-order valence-electron chi connectivity index (χ1n) is 26.8. The van der Waals surface area contributed by atoms with Crippen LogP contribution in [0, 0.1) is 0 Å². The van der Waals surface area contributed by atoms with E-state index in [-0.39, 0.29) is 57.7 Å². The van der Waals surface area contributed by atoms with Gasteiger partial charge in [-0.25, -0.2) is 9.97 Å². The summed E-state index contributed by atoms with van der Waals surface area (Å²) in [7, 11) is 0. The van der Waals surface area contributed by atoms with Crippen LogP contribution in [0.25, 0.3) is 79.4 Å². The SMILES string of the molecule is CC(C)(C)c1cc(-c2c3nc(cc4ccc([nH]4)c(-c4cc(C(C)(C)C)cc(C(C)(C)C)c4)c4nc(c(-c5cc(C(C)(C)C)cc(C(C)(C)C)c5)c5ccc2[nH]5)C=C4NC(=O)CCCC(=O)O)C=C3)cc(C(C)(C)C)c1. The molecule has 0 fully saturated rings. The van der Waals surface area contributed by atoms with E-state index in [2.05, 4.69) is 237 Å². The highest BCUT2D eigenvalue weighted by molar-refractivity contribution is 6.03. The Kier molecular flexibility index (Phi) is 14.1. The molecule has 3 aromatic carbocycles. The van der Waals surface area contributed by atoms with Gasteiger partial charge in [0.25, 0.3) is 0 Å². The number of carboxylic acids is 1. The van der Waals surface area contributed by atoms with Gasteiger partial charge in [-0.15, -0.1) is 0 Å². The predicted molar refractivity (Wildman–Crippen MR) is 316 cm³/mol. The summed E-state index contributed by atoms with van der Waals surface area (Å²) in [6, 6.07) is 31.4. The zero-order chi connectivity index (χ0) is 55.0. The first-order chi connectivity index (χ1) is 34.6. The number of amides is 1. The molecule has 1 amide bonds. The lowest BCUT2D eigenvalue weighted by Crippen LogP contribution is -2.21. The van der Waals surface area contributed by atoms with E-state index in [1.54, 1.807) is 0 Å². The van der Waals surface area contributed by atoms with E-state index < -0.39 is 5.97 Å². The minimum Gasteiger partial charge on any atom is -0.481 e. The highest BCUT2D eigenvalue weighted by atomic mass is 16.4. The van der Waals surface area contributed by atoms with Crippen molar-refractivity contribution in [3.63, 3.8) is 0 Å². The number of carboxylic acid groups (broad SMARTS) is 1. The van der Waals surface area contributed by atoms with Gasteiger partial charge in [0.1, 0.15) is 0 Å². The summed E-state index contributed by atoms with van der Waals surface area (Å²) in [4.78, 5) is 44.8. The Morgan fingerprint density at radius 2 is 0.867 bits per heavy atom. The molecular weight excluding hydrogens is 923 g/mol. The van der Waals surface area contributed by atoms with E-state index in [4.69, 9.17) is 9.97 Å². The Hall–Kier alpha value is -6.80. The molecule has 5 heterocycles. The van der Waals surface area contributed by atoms with Crippen LogP contribution >= 0.6 is 0 Å². The molecule has 6 aromatic rings. The van der Waals surface area contributed by atoms with Crippen LogP contribution in [0.2, 0.25) is 0 Å². The van der Waals surface area contributed by atoms with Gasteiger partial charge >= 0.3 is 5.97 Å². The number of aromatic amines is 2. The standard InChI is InChI=1S/C67H81N5O3/c1-62(2,3)42-28-39(29-43(34-42)63(4,5)6)58-50-24-22-48(68-50)37-49-23-25-53(69-49)60(41-32-46(66(13,14)15)36-47(33-41)67(16,17)18)61-55(71-56(73)20-19-21-57(74)75)38-54(72-61)59(52-27-26-51(58)70-52)40-30-44(64(7,8)9)35-45(31-40)65(10,11)12/h22-38,69-70H,19-21H2,1-18H3,(H,71,73)(H,74,75). The van der Waals surface area contributed by atoms with Gasteiger partial charge in [0.15, 0.2) is 0 Å². The average molecular weight is 1000 g/mol. The molecule has 0 saturated heterocycles. The number of H-pyrrole nitrogens is 2. The largest absolute Gasteiger partial charge is 0.481 e. The van der Waals surface area contributed by atoms with E-state index in [1.165, 1.54) is 33.4 Å². The second kappa shape index (κ2) is 19.4. The number of aromatic nitrogens is 4. The van der Waals surface area contributed by atoms with E-state index >= 15 is 0 Å². The Balaban J connectivity index is 1.61. The lowest BCUT2D eigenvalue weighted by Gasteiger charge is -2.26. The van der Waals surface area contributed by atoms with Crippen LogP contribution in [0.5, 0.6) is 0 Å². The molecular formula is C67H81N5O3. The van der Waals surface area contributed by atoms with Crippen LogP contribution in [-0.2, 0) is 42.1 Å². The molecule has 2 aliphatic heterocycles. The van der Waals surface area contributed by atoms with Gasteiger partial charge in [0.05, 0.1) is 28.5 Å². The first-order valence-corrected chi connectivity index (χ1v) is 26.8. The number of hydrogen-bond acceptors (Lipinski definition) is 4. The molecule has 0 spiro atoms. The third kappa shape index (κ3) is 12.0. The normalized spacial score (nSPS) is 13.5. The van der Waals surface area contributed by atoms with Crippen molar-refractivity contribution in [3.8, 4) is 33.4 Å². The fourth-order valence-electron chi connectivity index (χ4n) is 9.75. The van der Waals surface area contributed by atoms with Crippen LogP contribution < -0.4 is 5.32 Å². The van der Waals surface area contributed by atoms with Crippen LogP contribution in [0.15, 0.2) is 84.9 Å². The number of fused-ring (bicyclic) bond motifs is 8. The summed E-state index contributed by atoms with van der Waals surface area (Å²) < 4.78 is 0. The highest BCUT2D eigenvalue weighted by Gasteiger charge is 2.29. The number of carbonyl (C=O) groups excluding carboxylic acids is 1. The molecule has 8 heteroatoms. The number of carbonyl (C=O) groups is 2. The van der Waals surface area contributed by atoms with Crippen LogP contribution in [0.3, 0.4) is 0 Å². The van der Waals surface area contributed by atoms with Crippen molar-refractivity contribution in [2.45, 2.75) is 176 Å². The Morgan fingerprint density at radius 3 is 1.29 bits per heavy atom. The van der Waals surface area contributed by atoms with Crippen LogP contribution in [0.4, 0.5) is 0 Å². The molecule has 3 aromatic heterocycles. The first kappa shape index (κ1) is 54.5. The number of rotatable bonds is 8. The fourth-order valence-corrected chi connectivity index (χ4v) is 9.75. The highest BCUT2D eigenvalue weighted by Crippen LogP contribution is 2.44. The third-order valence-corrected chi connectivity index (χ3v) is 14.6. The molecule has 0 atom stereocenters. The van der Waals surface area contributed by atoms with E-state index in [0.29, 0.717) is 17.1 Å². The molecule has 0 radical (unpaired) electrons. The molecule has 2 aliphatic rings. The van der Waals surface area contributed by atoms with Gasteiger partial charge in [-0.05, 0) is 138 Å². The topological polar surface area (TPSA) is 124 Å². The van der Waals surface area contributed by atoms with Gasteiger partial charge in [0.2, 0.25) is 5.91 Å². The third-order valence-electron chi connectivity index (χ3n) is 14.6. The Labute approximate surface area is 446 Å². The molecule has 4 N–H and O–H groups in total. The number of hydrogen-bond donors (Lipinski definition) is 4. The van der Waals surface area contributed by atoms with Gasteiger partial charge in [-0.2, -0.15) is 0 Å². The fraction of sp³-hybridized carbons (Fsp3) is 0.403. The lowest BCUT2D eigenvalue weighted by molar-refractivity contribution is -0.137. The number of aliphatic carboxylic acids is 1. The molecule has 8 bridgehead atoms. The summed E-state index contributed by atoms with van der Waals surface area (Å²) in [6.07, 6.45) is 6.38. The summed E-state index contributed by atoms with van der Waals surface area (Å²) in [5.41, 5.74) is 18.9.